The Hall–Kier alpha value is -2.17. The number of amides is 1. The molecule has 4 heteroatoms. The second-order valence-electron chi connectivity index (χ2n) is 7.88. The number of hydrogen-bond donors (Lipinski definition) is 1. The van der Waals surface area contributed by atoms with Gasteiger partial charge in [-0.05, 0) is 30.4 Å². The molecule has 0 aliphatic carbocycles. The first-order valence-electron chi connectivity index (χ1n) is 10.1. The number of nitrogens with one attached hydrogen (secondary N) is 1. The average molecular weight is 364 g/mol. The van der Waals surface area contributed by atoms with Gasteiger partial charge in [-0.2, -0.15) is 0 Å². The molecule has 2 unspecified atom stereocenters. The molecule has 0 aromatic heterocycles. The quantitative estimate of drug-likeness (QED) is 0.857. The van der Waals surface area contributed by atoms with Crippen LogP contribution in [0.4, 0.5) is 0 Å². The van der Waals surface area contributed by atoms with E-state index in [-0.39, 0.29) is 5.91 Å². The Labute approximate surface area is 162 Å². The maximum absolute atomic E-state index is 13.1. The summed E-state index contributed by atoms with van der Waals surface area (Å²) in [7, 11) is 0. The first kappa shape index (κ1) is 18.2. The molecule has 1 N–H and O–H groups in total. The Bertz CT molecular complexity index is 692. The zero-order valence-electron chi connectivity index (χ0n) is 15.9. The first-order chi connectivity index (χ1) is 13.3. The van der Waals surface area contributed by atoms with Gasteiger partial charge in [-0.3, -0.25) is 9.69 Å². The van der Waals surface area contributed by atoms with Crippen LogP contribution in [0.15, 0.2) is 60.7 Å². The van der Waals surface area contributed by atoms with Crippen molar-refractivity contribution in [1.29, 1.82) is 0 Å². The van der Waals surface area contributed by atoms with E-state index in [1.54, 1.807) is 0 Å². The molecule has 2 aromatic rings. The smallest absolute Gasteiger partial charge is 0.236 e. The lowest BCUT2D eigenvalue weighted by Gasteiger charge is -2.28. The van der Waals surface area contributed by atoms with E-state index >= 15 is 0 Å². The van der Waals surface area contributed by atoms with Crippen molar-refractivity contribution in [3.63, 3.8) is 0 Å². The molecule has 0 radical (unpaired) electrons. The molecule has 2 saturated heterocycles. The third-order valence-electron chi connectivity index (χ3n) is 5.73. The molecule has 4 rings (SSSR count). The number of benzene rings is 2. The summed E-state index contributed by atoms with van der Waals surface area (Å²) >= 11 is 0. The summed E-state index contributed by atoms with van der Waals surface area (Å²) in [6, 6.07) is 22.0. The highest BCUT2D eigenvalue weighted by molar-refractivity contribution is 5.78. The molecule has 2 aliphatic heterocycles. The van der Waals surface area contributed by atoms with Crippen molar-refractivity contribution >= 4 is 5.91 Å². The number of hydrogen-bond acceptors (Lipinski definition) is 3. The van der Waals surface area contributed by atoms with Crippen LogP contribution in [0, 0.1) is 0 Å². The molecule has 1 amide bonds. The second kappa shape index (κ2) is 8.68. The SMILES string of the molecule is O=C(CN(Cc1ccccc1)Cc1ccccc1)N1CCC2CCC(C1)N2. The fraction of sp³-hybridized carbons (Fsp3) is 0.435. The third kappa shape index (κ3) is 4.96. The maximum Gasteiger partial charge on any atom is 0.236 e. The van der Waals surface area contributed by atoms with E-state index in [0.29, 0.717) is 18.6 Å². The molecule has 2 heterocycles. The number of carbonyl (C=O) groups is 1. The Morgan fingerprint density at radius 2 is 1.48 bits per heavy atom. The second-order valence-corrected chi connectivity index (χ2v) is 7.88. The topological polar surface area (TPSA) is 35.6 Å². The van der Waals surface area contributed by atoms with Crippen LogP contribution in [0.5, 0.6) is 0 Å². The van der Waals surface area contributed by atoms with Crippen molar-refractivity contribution < 1.29 is 4.79 Å². The summed E-state index contributed by atoms with van der Waals surface area (Å²) in [6.07, 6.45) is 3.55. The lowest BCUT2D eigenvalue weighted by Crippen LogP contribution is -2.44. The predicted molar refractivity (Wildman–Crippen MR) is 108 cm³/mol. The van der Waals surface area contributed by atoms with Gasteiger partial charge in [0.2, 0.25) is 5.91 Å². The molecule has 27 heavy (non-hydrogen) atoms. The molecule has 0 saturated carbocycles. The average Bonchev–Trinajstić information content (AvgIpc) is 3.02. The van der Waals surface area contributed by atoms with E-state index in [4.69, 9.17) is 0 Å². The minimum Gasteiger partial charge on any atom is -0.340 e. The van der Waals surface area contributed by atoms with E-state index in [0.717, 1.165) is 32.6 Å². The van der Waals surface area contributed by atoms with Gasteiger partial charge in [0.1, 0.15) is 0 Å². The summed E-state index contributed by atoms with van der Waals surface area (Å²) < 4.78 is 0. The van der Waals surface area contributed by atoms with Gasteiger partial charge in [0.25, 0.3) is 0 Å². The molecule has 2 atom stereocenters. The Kier molecular flexibility index (Phi) is 5.85. The molecular formula is C23H29N3O. The van der Waals surface area contributed by atoms with Gasteiger partial charge in [0.15, 0.2) is 0 Å². The zero-order chi connectivity index (χ0) is 18.5. The molecular weight excluding hydrogens is 334 g/mol. The number of nitrogens with zero attached hydrogens (tertiary/aromatic N) is 2. The van der Waals surface area contributed by atoms with Crippen LogP contribution >= 0.6 is 0 Å². The van der Waals surface area contributed by atoms with E-state index in [9.17, 15) is 4.79 Å². The van der Waals surface area contributed by atoms with Crippen LogP contribution in [0.25, 0.3) is 0 Å². The van der Waals surface area contributed by atoms with Gasteiger partial charge in [-0.25, -0.2) is 0 Å². The van der Waals surface area contributed by atoms with Crippen LogP contribution in [0.1, 0.15) is 30.4 Å². The summed E-state index contributed by atoms with van der Waals surface area (Å²) in [4.78, 5) is 17.4. The van der Waals surface area contributed by atoms with Crippen molar-refractivity contribution in [3.8, 4) is 0 Å². The normalized spacial score (nSPS) is 22.0. The van der Waals surface area contributed by atoms with Crippen molar-refractivity contribution in [3.05, 3.63) is 71.8 Å². The zero-order valence-corrected chi connectivity index (χ0v) is 15.9. The van der Waals surface area contributed by atoms with Crippen molar-refractivity contribution in [1.82, 2.24) is 15.1 Å². The molecule has 2 fully saturated rings. The third-order valence-corrected chi connectivity index (χ3v) is 5.73. The molecule has 2 bridgehead atoms. The van der Waals surface area contributed by atoms with E-state index in [1.807, 2.05) is 12.1 Å². The Morgan fingerprint density at radius 1 is 0.889 bits per heavy atom. The van der Waals surface area contributed by atoms with Gasteiger partial charge in [-0.1, -0.05) is 60.7 Å². The van der Waals surface area contributed by atoms with Crippen molar-refractivity contribution in [2.24, 2.45) is 0 Å². The summed E-state index contributed by atoms with van der Waals surface area (Å²) in [5.41, 5.74) is 2.50. The highest BCUT2D eigenvalue weighted by atomic mass is 16.2. The van der Waals surface area contributed by atoms with Crippen LogP contribution in [-0.2, 0) is 17.9 Å². The summed E-state index contributed by atoms with van der Waals surface area (Å²) in [5.74, 6) is 0.260. The predicted octanol–water partition coefficient (Wildman–Crippen LogP) is 3.04. The molecule has 142 valence electrons. The summed E-state index contributed by atoms with van der Waals surface area (Å²) in [5, 5.41) is 3.66. The highest BCUT2D eigenvalue weighted by Crippen LogP contribution is 2.21. The highest BCUT2D eigenvalue weighted by Gasteiger charge is 2.31. The standard InChI is InChI=1S/C23H29N3O/c27-23(26-14-13-21-11-12-22(17-26)24-21)18-25(15-19-7-3-1-4-8-19)16-20-9-5-2-6-10-20/h1-10,21-22,24H,11-18H2. The minimum absolute atomic E-state index is 0.260. The minimum atomic E-state index is 0.260. The first-order valence-corrected chi connectivity index (χ1v) is 10.1. The summed E-state index contributed by atoms with van der Waals surface area (Å²) in [6.45, 7) is 3.80. The lowest BCUT2D eigenvalue weighted by molar-refractivity contribution is -0.133. The van der Waals surface area contributed by atoms with Gasteiger partial charge in [0.05, 0.1) is 6.54 Å². The number of carbonyl (C=O) groups excluding carboxylic acids is 1. The molecule has 4 nitrogen and oxygen atoms in total. The molecule has 2 aliphatic rings. The van der Waals surface area contributed by atoms with Crippen molar-refractivity contribution in [2.45, 2.75) is 44.4 Å². The molecule has 0 spiro atoms. The Balaban J connectivity index is 1.43. The fourth-order valence-electron chi connectivity index (χ4n) is 4.31. The number of rotatable bonds is 6. The van der Waals surface area contributed by atoms with E-state index in [1.165, 1.54) is 24.0 Å². The van der Waals surface area contributed by atoms with Crippen LogP contribution in [0.2, 0.25) is 0 Å². The lowest BCUT2D eigenvalue weighted by atomic mass is 10.1. The van der Waals surface area contributed by atoms with Crippen LogP contribution < -0.4 is 5.32 Å². The number of fused-ring (bicyclic) bond motifs is 2. The van der Waals surface area contributed by atoms with Crippen LogP contribution in [-0.4, -0.2) is 47.4 Å². The van der Waals surface area contributed by atoms with Crippen LogP contribution in [0.3, 0.4) is 0 Å². The van der Waals surface area contributed by atoms with Gasteiger partial charge in [-0.15, -0.1) is 0 Å². The van der Waals surface area contributed by atoms with E-state index < -0.39 is 0 Å². The molecule has 2 aromatic carbocycles. The Morgan fingerprint density at radius 3 is 2.11 bits per heavy atom. The largest absolute Gasteiger partial charge is 0.340 e. The van der Waals surface area contributed by atoms with Crippen molar-refractivity contribution in [2.75, 3.05) is 19.6 Å². The van der Waals surface area contributed by atoms with Gasteiger partial charge >= 0.3 is 0 Å². The number of likely N-dealkylation sites (tertiary alicyclic amines) is 1. The fourth-order valence-corrected chi connectivity index (χ4v) is 4.31. The van der Waals surface area contributed by atoms with Gasteiger partial charge < -0.3 is 10.2 Å². The van der Waals surface area contributed by atoms with E-state index in [2.05, 4.69) is 63.6 Å². The monoisotopic (exact) mass is 363 g/mol. The van der Waals surface area contributed by atoms with Gasteiger partial charge in [0, 0.05) is 38.3 Å². The maximum atomic E-state index is 13.1.